The molecule has 0 saturated carbocycles. The minimum absolute atomic E-state index is 0.0677. The highest BCUT2D eigenvalue weighted by molar-refractivity contribution is 5.77. The van der Waals surface area contributed by atoms with Crippen LogP contribution >= 0.6 is 0 Å². The molecule has 0 bridgehead atoms. The Bertz CT molecular complexity index is 312. The molecule has 0 aromatic carbocycles. The number of rotatable bonds is 5. The molecule has 5 nitrogen and oxygen atoms in total. The van der Waals surface area contributed by atoms with Gasteiger partial charge in [-0.25, -0.2) is 0 Å². The summed E-state index contributed by atoms with van der Waals surface area (Å²) in [6.45, 7) is 1.36. The summed E-state index contributed by atoms with van der Waals surface area (Å²) in [5, 5.41) is 14.9. The van der Waals surface area contributed by atoms with Crippen LogP contribution in [0.1, 0.15) is 12.8 Å². The van der Waals surface area contributed by atoms with Crippen molar-refractivity contribution in [2.45, 2.75) is 19.4 Å². The first-order valence-electron chi connectivity index (χ1n) is 4.44. The summed E-state index contributed by atoms with van der Waals surface area (Å²) in [7, 11) is 0. The number of nitriles is 1. The lowest BCUT2D eigenvalue weighted by molar-refractivity contribution is -0.120. The summed E-state index contributed by atoms with van der Waals surface area (Å²) < 4.78 is 1.80. The van der Waals surface area contributed by atoms with Crippen LogP contribution in [0.4, 0.5) is 0 Å². The average Bonchev–Trinajstić information content (AvgIpc) is 2.65. The third-order valence-electron chi connectivity index (χ3n) is 1.68. The Morgan fingerprint density at radius 2 is 2.50 bits per heavy atom. The van der Waals surface area contributed by atoms with Gasteiger partial charge in [0, 0.05) is 25.5 Å². The highest BCUT2D eigenvalue weighted by Gasteiger charge is 1.97. The van der Waals surface area contributed by atoms with E-state index >= 15 is 0 Å². The number of aryl methyl sites for hydroxylation is 1. The summed E-state index contributed by atoms with van der Waals surface area (Å²) in [5.74, 6) is -0.215. The quantitative estimate of drug-likeness (QED) is 0.682. The fourth-order valence-electron chi connectivity index (χ4n) is 1.04. The third-order valence-corrected chi connectivity index (χ3v) is 1.68. The lowest BCUT2D eigenvalue weighted by Crippen LogP contribution is -2.24. The van der Waals surface area contributed by atoms with E-state index in [-0.39, 0.29) is 12.3 Å². The van der Waals surface area contributed by atoms with Crippen LogP contribution in [-0.4, -0.2) is 22.2 Å². The Morgan fingerprint density at radius 1 is 1.64 bits per heavy atom. The molecular formula is C9H12N4O. The van der Waals surface area contributed by atoms with Crippen LogP contribution in [0.5, 0.6) is 0 Å². The molecule has 1 N–H and O–H groups in total. The molecule has 1 heterocycles. The van der Waals surface area contributed by atoms with Gasteiger partial charge < -0.3 is 5.32 Å². The zero-order chi connectivity index (χ0) is 10.2. The highest BCUT2D eigenvalue weighted by atomic mass is 16.1. The predicted octanol–water partition coefficient (Wildman–Crippen LogP) is 0.303. The minimum Gasteiger partial charge on any atom is -0.355 e. The molecule has 1 amide bonds. The Morgan fingerprint density at radius 3 is 3.14 bits per heavy atom. The second-order valence-corrected chi connectivity index (χ2v) is 2.81. The highest BCUT2D eigenvalue weighted by Crippen LogP contribution is 1.88. The predicted molar refractivity (Wildman–Crippen MR) is 50.1 cm³/mol. The lowest BCUT2D eigenvalue weighted by atomic mass is 10.4. The van der Waals surface area contributed by atoms with Crippen LogP contribution in [0.3, 0.4) is 0 Å². The molecule has 0 aliphatic rings. The number of hydrogen-bond donors (Lipinski definition) is 1. The van der Waals surface area contributed by atoms with Gasteiger partial charge in [-0.05, 0) is 12.5 Å². The lowest BCUT2D eigenvalue weighted by Gasteiger charge is -2.02. The van der Waals surface area contributed by atoms with Gasteiger partial charge in [0.05, 0.1) is 6.07 Å². The van der Waals surface area contributed by atoms with E-state index in [0.29, 0.717) is 6.54 Å². The Kier molecular flexibility index (Phi) is 4.21. The number of amides is 1. The molecule has 14 heavy (non-hydrogen) atoms. The Labute approximate surface area is 82.3 Å². The molecule has 0 aliphatic heterocycles. The van der Waals surface area contributed by atoms with Gasteiger partial charge in [0.25, 0.3) is 0 Å². The summed E-state index contributed by atoms with van der Waals surface area (Å²) >= 11 is 0. The molecular weight excluding hydrogens is 180 g/mol. The first kappa shape index (κ1) is 10.3. The van der Waals surface area contributed by atoms with Crippen LogP contribution in [-0.2, 0) is 11.3 Å². The van der Waals surface area contributed by atoms with Gasteiger partial charge in [-0.15, -0.1) is 0 Å². The molecule has 5 heteroatoms. The summed E-state index contributed by atoms with van der Waals surface area (Å²) in [6.07, 6.45) is 4.34. The number of nitrogens with one attached hydrogen (secondary N) is 1. The molecule has 0 aliphatic carbocycles. The van der Waals surface area contributed by atoms with Crippen molar-refractivity contribution in [1.82, 2.24) is 15.1 Å². The third kappa shape index (κ3) is 3.72. The maximum Gasteiger partial charge on any atom is 0.234 e. The molecule has 0 saturated heterocycles. The molecule has 0 radical (unpaired) electrons. The van der Waals surface area contributed by atoms with Crippen molar-refractivity contribution in [3.8, 4) is 6.07 Å². The average molecular weight is 192 g/mol. The molecule has 0 fully saturated rings. The van der Waals surface area contributed by atoms with Crippen LogP contribution in [0.15, 0.2) is 18.5 Å². The molecule has 0 atom stereocenters. The SMILES string of the molecule is N#CCC(=O)NCCCn1cccn1. The number of carbonyl (C=O) groups excluding carboxylic acids is 1. The topological polar surface area (TPSA) is 70.7 Å². The molecule has 1 aromatic rings. The van der Waals surface area contributed by atoms with Gasteiger partial charge in [0.2, 0.25) is 5.91 Å². The van der Waals surface area contributed by atoms with Crippen molar-refractivity contribution in [3.05, 3.63) is 18.5 Å². The van der Waals surface area contributed by atoms with E-state index in [4.69, 9.17) is 5.26 Å². The van der Waals surface area contributed by atoms with E-state index in [9.17, 15) is 4.79 Å². The summed E-state index contributed by atoms with van der Waals surface area (Å²) in [4.78, 5) is 10.8. The van der Waals surface area contributed by atoms with Gasteiger partial charge >= 0.3 is 0 Å². The fourth-order valence-corrected chi connectivity index (χ4v) is 1.04. The van der Waals surface area contributed by atoms with Crippen LogP contribution in [0.25, 0.3) is 0 Å². The normalized spacial score (nSPS) is 9.36. The van der Waals surface area contributed by atoms with E-state index < -0.39 is 0 Å². The van der Waals surface area contributed by atoms with Crippen LogP contribution < -0.4 is 5.32 Å². The zero-order valence-corrected chi connectivity index (χ0v) is 7.81. The van der Waals surface area contributed by atoms with Gasteiger partial charge in [-0.2, -0.15) is 10.4 Å². The standard InChI is InChI=1S/C9H12N4O/c10-4-3-9(14)11-5-1-7-13-8-2-6-12-13/h2,6,8H,1,3,5,7H2,(H,11,14). The second-order valence-electron chi connectivity index (χ2n) is 2.81. The van der Waals surface area contributed by atoms with Crippen molar-refractivity contribution in [2.24, 2.45) is 0 Å². The Hall–Kier alpha value is -1.83. The van der Waals surface area contributed by atoms with E-state index in [0.717, 1.165) is 13.0 Å². The number of hydrogen-bond acceptors (Lipinski definition) is 3. The zero-order valence-electron chi connectivity index (χ0n) is 7.81. The van der Waals surface area contributed by atoms with Crippen molar-refractivity contribution in [2.75, 3.05) is 6.54 Å². The fraction of sp³-hybridized carbons (Fsp3) is 0.444. The van der Waals surface area contributed by atoms with E-state index in [1.54, 1.807) is 16.9 Å². The maximum atomic E-state index is 10.8. The van der Waals surface area contributed by atoms with Gasteiger partial charge in [0.1, 0.15) is 6.42 Å². The number of carbonyl (C=O) groups is 1. The van der Waals surface area contributed by atoms with Gasteiger partial charge in [-0.3, -0.25) is 9.48 Å². The molecule has 74 valence electrons. The van der Waals surface area contributed by atoms with Gasteiger partial charge in [-0.1, -0.05) is 0 Å². The summed E-state index contributed by atoms with van der Waals surface area (Å²) in [5.41, 5.74) is 0. The van der Waals surface area contributed by atoms with Crippen molar-refractivity contribution in [1.29, 1.82) is 5.26 Å². The van der Waals surface area contributed by atoms with Crippen molar-refractivity contribution < 1.29 is 4.79 Å². The summed E-state index contributed by atoms with van der Waals surface area (Å²) in [6, 6.07) is 3.65. The van der Waals surface area contributed by atoms with E-state index in [1.807, 2.05) is 12.3 Å². The maximum absolute atomic E-state index is 10.8. The number of nitrogens with zero attached hydrogens (tertiary/aromatic N) is 3. The monoisotopic (exact) mass is 192 g/mol. The molecule has 1 rings (SSSR count). The largest absolute Gasteiger partial charge is 0.355 e. The van der Waals surface area contributed by atoms with Crippen LogP contribution in [0.2, 0.25) is 0 Å². The van der Waals surface area contributed by atoms with Crippen molar-refractivity contribution >= 4 is 5.91 Å². The first-order valence-corrected chi connectivity index (χ1v) is 4.44. The molecule has 1 aromatic heterocycles. The van der Waals surface area contributed by atoms with Crippen LogP contribution in [0, 0.1) is 11.3 Å². The smallest absolute Gasteiger partial charge is 0.234 e. The van der Waals surface area contributed by atoms with Gasteiger partial charge in [0.15, 0.2) is 0 Å². The first-order chi connectivity index (χ1) is 6.83. The Balaban J connectivity index is 2.06. The molecule has 0 unspecified atom stereocenters. The van der Waals surface area contributed by atoms with E-state index in [2.05, 4.69) is 10.4 Å². The second kappa shape index (κ2) is 5.75. The molecule has 0 spiro atoms. The van der Waals surface area contributed by atoms with E-state index in [1.165, 1.54) is 0 Å². The van der Waals surface area contributed by atoms with Crippen molar-refractivity contribution in [3.63, 3.8) is 0 Å². The number of aromatic nitrogens is 2. The minimum atomic E-state index is -0.215.